The Bertz CT molecular complexity index is 782. The molecule has 3 rings (SSSR count). The summed E-state index contributed by atoms with van der Waals surface area (Å²) < 4.78 is 5.42. The molecule has 2 aromatic carbocycles. The second kappa shape index (κ2) is 7.11. The molecule has 0 atom stereocenters. The van der Waals surface area contributed by atoms with E-state index in [2.05, 4.69) is 10.3 Å². The van der Waals surface area contributed by atoms with E-state index in [-0.39, 0.29) is 12.3 Å². The lowest BCUT2D eigenvalue weighted by molar-refractivity contribution is -0.120. The number of carbonyl (C=O) groups excluding carboxylic acids is 1. The van der Waals surface area contributed by atoms with Crippen LogP contribution in [0.5, 0.6) is 0 Å². The first-order chi connectivity index (χ1) is 11.2. The van der Waals surface area contributed by atoms with Crippen LogP contribution in [-0.4, -0.2) is 10.9 Å². The zero-order valence-electron chi connectivity index (χ0n) is 12.3. The molecule has 4 nitrogen and oxygen atoms in total. The summed E-state index contributed by atoms with van der Waals surface area (Å²) in [6.45, 7) is 0.458. The summed E-state index contributed by atoms with van der Waals surface area (Å²) in [5, 5.41) is 3.53. The van der Waals surface area contributed by atoms with Crippen molar-refractivity contribution in [2.24, 2.45) is 0 Å². The average molecular weight is 327 g/mol. The average Bonchev–Trinajstić information content (AvgIpc) is 3.04. The maximum Gasteiger partial charge on any atom is 0.226 e. The van der Waals surface area contributed by atoms with Crippen LogP contribution < -0.4 is 5.32 Å². The Labute approximate surface area is 139 Å². The number of nitrogens with zero attached hydrogens (tertiary/aromatic N) is 1. The van der Waals surface area contributed by atoms with Gasteiger partial charge in [-0.3, -0.25) is 4.79 Å². The standard InChI is InChI=1S/C18H15ClN2O2/c19-15-8-6-13(7-9-15)11-20-17(22)10-16-12-23-18(21-16)14-4-2-1-3-5-14/h1-9,12H,10-11H2,(H,20,22). The van der Waals surface area contributed by atoms with Crippen LogP contribution in [0.15, 0.2) is 65.3 Å². The first-order valence-electron chi connectivity index (χ1n) is 7.22. The van der Waals surface area contributed by atoms with E-state index in [0.29, 0.717) is 23.2 Å². The molecule has 0 aliphatic rings. The SMILES string of the molecule is O=C(Cc1coc(-c2ccccc2)n1)NCc1ccc(Cl)cc1. The monoisotopic (exact) mass is 326 g/mol. The zero-order valence-corrected chi connectivity index (χ0v) is 13.1. The minimum Gasteiger partial charge on any atom is -0.444 e. The number of amides is 1. The Morgan fingerprint density at radius 3 is 2.57 bits per heavy atom. The first-order valence-corrected chi connectivity index (χ1v) is 7.59. The fourth-order valence-electron chi connectivity index (χ4n) is 2.13. The molecule has 0 unspecified atom stereocenters. The number of aromatic nitrogens is 1. The van der Waals surface area contributed by atoms with Gasteiger partial charge in [0, 0.05) is 17.1 Å². The number of rotatable bonds is 5. The largest absolute Gasteiger partial charge is 0.444 e. The molecule has 5 heteroatoms. The topological polar surface area (TPSA) is 55.1 Å². The third kappa shape index (κ3) is 4.20. The van der Waals surface area contributed by atoms with Gasteiger partial charge in [-0.1, -0.05) is 41.9 Å². The summed E-state index contributed by atoms with van der Waals surface area (Å²) in [6, 6.07) is 16.9. The maximum atomic E-state index is 12.0. The molecule has 1 heterocycles. The fraction of sp³-hybridized carbons (Fsp3) is 0.111. The number of benzene rings is 2. The van der Waals surface area contributed by atoms with Crippen molar-refractivity contribution in [1.82, 2.24) is 10.3 Å². The van der Waals surface area contributed by atoms with E-state index in [4.69, 9.17) is 16.0 Å². The third-order valence-corrected chi connectivity index (χ3v) is 3.57. The number of halogens is 1. The molecule has 23 heavy (non-hydrogen) atoms. The third-order valence-electron chi connectivity index (χ3n) is 3.32. The second-order valence-electron chi connectivity index (χ2n) is 5.09. The molecule has 116 valence electrons. The lowest BCUT2D eigenvalue weighted by Crippen LogP contribution is -2.24. The van der Waals surface area contributed by atoms with Crippen LogP contribution in [0, 0.1) is 0 Å². The number of oxazole rings is 1. The molecule has 0 fully saturated rings. The minimum absolute atomic E-state index is 0.104. The molecule has 0 radical (unpaired) electrons. The molecule has 1 amide bonds. The molecule has 0 saturated heterocycles. The maximum absolute atomic E-state index is 12.0. The summed E-state index contributed by atoms with van der Waals surface area (Å²) in [5.41, 5.74) is 2.49. The zero-order chi connectivity index (χ0) is 16.1. The normalized spacial score (nSPS) is 10.5. The molecule has 0 bridgehead atoms. The van der Waals surface area contributed by atoms with Crippen LogP contribution in [-0.2, 0) is 17.8 Å². The summed E-state index contributed by atoms with van der Waals surface area (Å²) in [7, 11) is 0. The van der Waals surface area contributed by atoms with Crippen LogP contribution >= 0.6 is 11.6 Å². The van der Waals surface area contributed by atoms with Gasteiger partial charge in [-0.05, 0) is 29.8 Å². The van der Waals surface area contributed by atoms with Crippen molar-refractivity contribution < 1.29 is 9.21 Å². The van der Waals surface area contributed by atoms with Gasteiger partial charge in [0.1, 0.15) is 6.26 Å². The first kappa shape index (κ1) is 15.3. The molecular formula is C18H15ClN2O2. The molecule has 0 spiro atoms. The van der Waals surface area contributed by atoms with E-state index < -0.39 is 0 Å². The van der Waals surface area contributed by atoms with Crippen LogP contribution in [0.2, 0.25) is 5.02 Å². The van der Waals surface area contributed by atoms with Crippen molar-refractivity contribution in [3.8, 4) is 11.5 Å². The van der Waals surface area contributed by atoms with Crippen LogP contribution in [0.1, 0.15) is 11.3 Å². The van der Waals surface area contributed by atoms with E-state index in [9.17, 15) is 4.79 Å². The summed E-state index contributed by atoms with van der Waals surface area (Å²) in [4.78, 5) is 16.3. The Hall–Kier alpha value is -2.59. The smallest absolute Gasteiger partial charge is 0.226 e. The van der Waals surface area contributed by atoms with Gasteiger partial charge >= 0.3 is 0 Å². The Balaban J connectivity index is 1.56. The van der Waals surface area contributed by atoms with Crippen molar-refractivity contribution in [3.05, 3.63) is 77.1 Å². The lowest BCUT2D eigenvalue weighted by atomic mass is 10.2. The Morgan fingerprint density at radius 1 is 1.09 bits per heavy atom. The molecule has 1 N–H and O–H groups in total. The highest BCUT2D eigenvalue weighted by Crippen LogP contribution is 2.18. The number of carbonyl (C=O) groups is 1. The van der Waals surface area contributed by atoms with Crippen molar-refractivity contribution in [1.29, 1.82) is 0 Å². The molecule has 0 aliphatic carbocycles. The molecule has 3 aromatic rings. The number of hydrogen-bond donors (Lipinski definition) is 1. The lowest BCUT2D eigenvalue weighted by Gasteiger charge is -2.04. The van der Waals surface area contributed by atoms with Gasteiger partial charge in [-0.2, -0.15) is 0 Å². The Kier molecular flexibility index (Phi) is 4.74. The van der Waals surface area contributed by atoms with Gasteiger partial charge < -0.3 is 9.73 Å². The van der Waals surface area contributed by atoms with Gasteiger partial charge in [0.05, 0.1) is 12.1 Å². The summed E-state index contributed by atoms with van der Waals surface area (Å²) in [5.74, 6) is 0.416. The van der Waals surface area contributed by atoms with Gasteiger partial charge in [0.25, 0.3) is 0 Å². The fourth-order valence-corrected chi connectivity index (χ4v) is 2.26. The van der Waals surface area contributed by atoms with E-state index in [0.717, 1.165) is 11.1 Å². The molecule has 0 aliphatic heterocycles. The highest BCUT2D eigenvalue weighted by molar-refractivity contribution is 6.30. The van der Waals surface area contributed by atoms with Crippen molar-refractivity contribution >= 4 is 17.5 Å². The molecule has 1 aromatic heterocycles. The quantitative estimate of drug-likeness (QED) is 0.774. The van der Waals surface area contributed by atoms with Crippen molar-refractivity contribution in [3.63, 3.8) is 0 Å². The van der Waals surface area contributed by atoms with Crippen molar-refractivity contribution in [2.45, 2.75) is 13.0 Å². The summed E-state index contributed by atoms with van der Waals surface area (Å²) >= 11 is 5.83. The van der Waals surface area contributed by atoms with E-state index in [1.54, 1.807) is 12.1 Å². The predicted octanol–water partition coefficient (Wildman–Crippen LogP) is 3.85. The van der Waals surface area contributed by atoms with Crippen LogP contribution in [0.4, 0.5) is 0 Å². The minimum atomic E-state index is -0.104. The van der Waals surface area contributed by atoms with Crippen LogP contribution in [0.25, 0.3) is 11.5 Å². The highest BCUT2D eigenvalue weighted by atomic mass is 35.5. The number of nitrogens with one attached hydrogen (secondary N) is 1. The predicted molar refractivity (Wildman–Crippen MR) is 88.9 cm³/mol. The Morgan fingerprint density at radius 2 is 1.83 bits per heavy atom. The molecular weight excluding hydrogens is 312 g/mol. The van der Waals surface area contributed by atoms with E-state index in [1.165, 1.54) is 6.26 Å². The van der Waals surface area contributed by atoms with Gasteiger partial charge in [0.2, 0.25) is 11.8 Å². The van der Waals surface area contributed by atoms with Crippen LogP contribution in [0.3, 0.4) is 0 Å². The van der Waals surface area contributed by atoms with E-state index >= 15 is 0 Å². The number of hydrogen-bond acceptors (Lipinski definition) is 3. The highest BCUT2D eigenvalue weighted by Gasteiger charge is 2.10. The van der Waals surface area contributed by atoms with Gasteiger partial charge in [-0.15, -0.1) is 0 Å². The van der Waals surface area contributed by atoms with Crippen molar-refractivity contribution in [2.75, 3.05) is 0 Å². The summed E-state index contributed by atoms with van der Waals surface area (Å²) in [6.07, 6.45) is 1.70. The van der Waals surface area contributed by atoms with Gasteiger partial charge in [0.15, 0.2) is 0 Å². The second-order valence-corrected chi connectivity index (χ2v) is 5.53. The van der Waals surface area contributed by atoms with Gasteiger partial charge in [-0.25, -0.2) is 4.98 Å². The molecule has 0 saturated carbocycles. The van der Waals surface area contributed by atoms with E-state index in [1.807, 2.05) is 42.5 Å².